The molecule has 0 aliphatic heterocycles. The first-order chi connectivity index (χ1) is 6.31. The van der Waals surface area contributed by atoms with E-state index in [0.29, 0.717) is 6.54 Å². The van der Waals surface area contributed by atoms with Gasteiger partial charge in [-0.3, -0.25) is 0 Å². The Kier molecular flexibility index (Phi) is 2.29. The molecule has 0 radical (unpaired) electrons. The van der Waals surface area contributed by atoms with Gasteiger partial charge in [-0.25, -0.2) is 4.39 Å². The smallest absolute Gasteiger partial charge is 0.124 e. The van der Waals surface area contributed by atoms with Gasteiger partial charge in [-0.1, -0.05) is 6.07 Å². The van der Waals surface area contributed by atoms with Crippen LogP contribution in [-0.2, 0) is 6.42 Å². The highest BCUT2D eigenvalue weighted by atomic mass is 32.1. The van der Waals surface area contributed by atoms with Gasteiger partial charge in [0.1, 0.15) is 5.82 Å². The highest BCUT2D eigenvalue weighted by molar-refractivity contribution is 7.17. The fourth-order valence-corrected chi connectivity index (χ4v) is 2.43. The molecule has 0 atom stereocenters. The Hall–Kier alpha value is -0.930. The van der Waals surface area contributed by atoms with Gasteiger partial charge >= 0.3 is 0 Å². The van der Waals surface area contributed by atoms with Gasteiger partial charge in [0.15, 0.2) is 0 Å². The van der Waals surface area contributed by atoms with E-state index < -0.39 is 0 Å². The molecule has 0 aliphatic carbocycles. The van der Waals surface area contributed by atoms with Crippen molar-refractivity contribution in [3.63, 3.8) is 0 Å². The first-order valence-electron chi connectivity index (χ1n) is 4.17. The largest absolute Gasteiger partial charge is 0.330 e. The molecular formula is C10H10FNS. The second kappa shape index (κ2) is 3.44. The lowest BCUT2D eigenvalue weighted by Gasteiger charge is -1.95. The van der Waals surface area contributed by atoms with Gasteiger partial charge in [0.2, 0.25) is 0 Å². The zero-order chi connectivity index (χ0) is 9.26. The topological polar surface area (TPSA) is 26.0 Å². The molecule has 0 unspecified atom stereocenters. The molecule has 0 saturated carbocycles. The minimum absolute atomic E-state index is 0.173. The molecule has 1 nitrogen and oxygen atoms in total. The SMILES string of the molecule is NCCc1csc2cc(F)ccc12. The normalized spacial score (nSPS) is 10.9. The van der Waals surface area contributed by atoms with E-state index in [0.717, 1.165) is 16.5 Å². The molecule has 3 heteroatoms. The molecule has 68 valence electrons. The summed E-state index contributed by atoms with van der Waals surface area (Å²) in [6, 6.07) is 4.89. The van der Waals surface area contributed by atoms with E-state index >= 15 is 0 Å². The third kappa shape index (κ3) is 1.57. The Morgan fingerprint density at radius 3 is 3.00 bits per heavy atom. The monoisotopic (exact) mass is 195 g/mol. The summed E-state index contributed by atoms with van der Waals surface area (Å²) in [6.45, 7) is 0.642. The lowest BCUT2D eigenvalue weighted by molar-refractivity contribution is 0.630. The lowest BCUT2D eigenvalue weighted by atomic mass is 10.1. The van der Waals surface area contributed by atoms with E-state index in [9.17, 15) is 4.39 Å². The maximum atomic E-state index is 12.8. The van der Waals surface area contributed by atoms with E-state index in [-0.39, 0.29) is 5.82 Å². The molecule has 0 aliphatic rings. The summed E-state index contributed by atoms with van der Waals surface area (Å²) in [7, 11) is 0. The van der Waals surface area contributed by atoms with Gasteiger partial charge in [-0.2, -0.15) is 0 Å². The van der Waals surface area contributed by atoms with E-state index in [4.69, 9.17) is 5.73 Å². The van der Waals surface area contributed by atoms with Gasteiger partial charge in [0.05, 0.1) is 0 Å². The minimum Gasteiger partial charge on any atom is -0.330 e. The Balaban J connectivity index is 2.55. The van der Waals surface area contributed by atoms with Gasteiger partial charge in [0.25, 0.3) is 0 Å². The fraction of sp³-hybridized carbons (Fsp3) is 0.200. The van der Waals surface area contributed by atoms with Crippen molar-refractivity contribution in [2.75, 3.05) is 6.54 Å². The van der Waals surface area contributed by atoms with Crippen LogP contribution in [0.5, 0.6) is 0 Å². The van der Waals surface area contributed by atoms with Crippen molar-refractivity contribution in [2.24, 2.45) is 5.73 Å². The average molecular weight is 195 g/mol. The van der Waals surface area contributed by atoms with E-state index in [1.807, 2.05) is 6.07 Å². The van der Waals surface area contributed by atoms with Crippen LogP contribution in [0, 0.1) is 5.82 Å². The molecule has 0 saturated heterocycles. The molecule has 2 N–H and O–H groups in total. The highest BCUT2D eigenvalue weighted by Gasteiger charge is 2.03. The molecule has 0 amide bonds. The molecule has 0 fully saturated rings. The van der Waals surface area contributed by atoms with Crippen LogP contribution in [0.4, 0.5) is 4.39 Å². The quantitative estimate of drug-likeness (QED) is 0.783. The third-order valence-electron chi connectivity index (χ3n) is 2.03. The first-order valence-corrected chi connectivity index (χ1v) is 5.05. The molecular weight excluding hydrogens is 185 g/mol. The molecule has 1 aromatic heterocycles. The van der Waals surface area contributed by atoms with E-state index in [1.165, 1.54) is 11.6 Å². The van der Waals surface area contributed by atoms with Crippen molar-refractivity contribution in [3.8, 4) is 0 Å². The highest BCUT2D eigenvalue weighted by Crippen LogP contribution is 2.26. The predicted octanol–water partition coefficient (Wildman–Crippen LogP) is 2.54. The zero-order valence-electron chi connectivity index (χ0n) is 7.09. The van der Waals surface area contributed by atoms with Crippen LogP contribution in [0.2, 0.25) is 0 Å². The minimum atomic E-state index is -0.173. The summed E-state index contributed by atoms with van der Waals surface area (Å²) in [5, 5.41) is 3.19. The van der Waals surface area contributed by atoms with Crippen LogP contribution in [0.25, 0.3) is 10.1 Å². The second-order valence-corrected chi connectivity index (χ2v) is 3.85. The number of benzene rings is 1. The van der Waals surface area contributed by atoms with Crippen LogP contribution in [0.15, 0.2) is 23.6 Å². The van der Waals surface area contributed by atoms with Gasteiger partial charge in [-0.15, -0.1) is 11.3 Å². The van der Waals surface area contributed by atoms with Crippen LogP contribution in [0.3, 0.4) is 0 Å². The van der Waals surface area contributed by atoms with Crippen LogP contribution in [0.1, 0.15) is 5.56 Å². The summed E-state index contributed by atoms with van der Waals surface area (Å²) in [5.74, 6) is -0.173. The van der Waals surface area contributed by atoms with Crippen molar-refractivity contribution in [1.82, 2.24) is 0 Å². The number of halogens is 1. The number of nitrogens with two attached hydrogens (primary N) is 1. The maximum absolute atomic E-state index is 12.8. The lowest BCUT2D eigenvalue weighted by Crippen LogP contribution is -2.01. The number of fused-ring (bicyclic) bond motifs is 1. The molecule has 0 spiro atoms. The van der Waals surface area contributed by atoms with Crippen molar-refractivity contribution >= 4 is 21.4 Å². The maximum Gasteiger partial charge on any atom is 0.124 e. The summed E-state index contributed by atoms with van der Waals surface area (Å²) in [6.07, 6.45) is 0.867. The standard InChI is InChI=1S/C10H10FNS/c11-8-1-2-9-7(3-4-12)6-13-10(9)5-8/h1-2,5-6H,3-4,12H2. The fourth-order valence-electron chi connectivity index (χ4n) is 1.41. The number of hydrogen-bond donors (Lipinski definition) is 1. The van der Waals surface area contributed by atoms with Crippen LogP contribution < -0.4 is 5.73 Å². The number of thiophene rings is 1. The van der Waals surface area contributed by atoms with Gasteiger partial charge in [0, 0.05) is 4.70 Å². The summed E-state index contributed by atoms with van der Waals surface area (Å²) < 4.78 is 13.8. The molecule has 13 heavy (non-hydrogen) atoms. The molecule has 0 bridgehead atoms. The second-order valence-electron chi connectivity index (χ2n) is 2.94. The van der Waals surface area contributed by atoms with Gasteiger partial charge < -0.3 is 5.73 Å². The summed E-state index contributed by atoms with van der Waals surface area (Å²) >= 11 is 1.57. The number of rotatable bonds is 2. The predicted molar refractivity (Wildman–Crippen MR) is 54.5 cm³/mol. The van der Waals surface area contributed by atoms with E-state index in [2.05, 4.69) is 5.38 Å². The third-order valence-corrected chi connectivity index (χ3v) is 3.03. The van der Waals surface area contributed by atoms with Crippen molar-refractivity contribution in [1.29, 1.82) is 0 Å². The zero-order valence-corrected chi connectivity index (χ0v) is 7.90. The Morgan fingerprint density at radius 1 is 1.38 bits per heavy atom. The van der Waals surface area contributed by atoms with Crippen LogP contribution in [-0.4, -0.2) is 6.54 Å². The molecule has 1 aromatic carbocycles. The molecule has 2 rings (SSSR count). The molecule has 1 heterocycles. The Labute approximate surface area is 80.0 Å². The van der Waals surface area contributed by atoms with Crippen molar-refractivity contribution in [3.05, 3.63) is 35.0 Å². The number of hydrogen-bond acceptors (Lipinski definition) is 2. The van der Waals surface area contributed by atoms with Gasteiger partial charge in [-0.05, 0) is 41.4 Å². The average Bonchev–Trinajstić information content (AvgIpc) is 2.49. The summed E-state index contributed by atoms with van der Waals surface area (Å²) in [5.41, 5.74) is 6.70. The van der Waals surface area contributed by atoms with Crippen molar-refractivity contribution in [2.45, 2.75) is 6.42 Å². The molecule has 2 aromatic rings. The van der Waals surface area contributed by atoms with Crippen LogP contribution >= 0.6 is 11.3 Å². The van der Waals surface area contributed by atoms with Crippen molar-refractivity contribution < 1.29 is 4.39 Å². The Morgan fingerprint density at radius 2 is 2.23 bits per heavy atom. The van der Waals surface area contributed by atoms with E-state index in [1.54, 1.807) is 17.4 Å². The Bertz CT molecular complexity index is 422. The summed E-state index contributed by atoms with van der Waals surface area (Å²) in [4.78, 5) is 0. The first kappa shape index (κ1) is 8.66.